The van der Waals surface area contributed by atoms with Crippen LogP contribution in [-0.2, 0) is 0 Å². The van der Waals surface area contributed by atoms with Gasteiger partial charge in [-0.25, -0.2) is 9.97 Å². The first-order chi connectivity index (χ1) is 9.22. The third-order valence-corrected chi connectivity index (χ3v) is 2.46. The number of carbonyl (C=O) groups is 1. The van der Waals surface area contributed by atoms with Gasteiger partial charge in [0.05, 0.1) is 0 Å². The highest BCUT2D eigenvalue weighted by molar-refractivity contribution is 6.32. The van der Waals surface area contributed by atoms with E-state index in [9.17, 15) is 4.79 Å². The van der Waals surface area contributed by atoms with Gasteiger partial charge < -0.3 is 16.0 Å². The molecule has 1 amide bonds. The van der Waals surface area contributed by atoms with Crippen molar-refractivity contribution < 1.29 is 4.79 Å². The van der Waals surface area contributed by atoms with Crippen LogP contribution in [0.3, 0.4) is 0 Å². The number of anilines is 2. The van der Waals surface area contributed by atoms with Crippen molar-refractivity contribution >= 4 is 35.1 Å². The molecule has 5 N–H and O–H groups in total. The zero-order valence-electron chi connectivity index (χ0n) is 11.8. The van der Waals surface area contributed by atoms with Crippen molar-refractivity contribution in [3.8, 4) is 0 Å². The van der Waals surface area contributed by atoms with Crippen LogP contribution in [0.15, 0.2) is 0 Å². The Balaban J connectivity index is 3.00. The predicted molar refractivity (Wildman–Crippen MR) is 79.1 cm³/mol. The van der Waals surface area contributed by atoms with Crippen LogP contribution in [0.2, 0.25) is 5.15 Å². The van der Waals surface area contributed by atoms with E-state index in [1.807, 2.05) is 13.8 Å². The first-order valence-electron chi connectivity index (χ1n) is 5.89. The Hall–Kier alpha value is -2.09. The van der Waals surface area contributed by atoms with Crippen molar-refractivity contribution in [3.63, 3.8) is 0 Å². The molecule has 1 heterocycles. The first kappa shape index (κ1) is 16.0. The molecule has 0 spiro atoms. The summed E-state index contributed by atoms with van der Waals surface area (Å²) in [5.74, 6) is -0.455. The number of nitrogens with zero attached hydrogens (tertiary/aromatic N) is 3. The third kappa shape index (κ3) is 3.95. The topological polar surface area (TPSA) is 120 Å². The Labute approximate surface area is 122 Å². The monoisotopic (exact) mass is 299 g/mol. The highest BCUT2D eigenvalue weighted by Crippen LogP contribution is 2.21. The molecule has 0 radical (unpaired) electrons. The highest BCUT2D eigenvalue weighted by atomic mass is 35.5. The number of nitrogen functional groups attached to an aromatic ring is 1. The van der Waals surface area contributed by atoms with E-state index in [4.69, 9.17) is 22.7 Å². The zero-order chi connectivity index (χ0) is 15.4. The van der Waals surface area contributed by atoms with Gasteiger partial charge in [-0.05, 0) is 13.8 Å². The number of aromatic nitrogens is 2. The minimum absolute atomic E-state index is 0.0504. The lowest BCUT2D eigenvalue weighted by Crippen LogP contribution is -2.40. The summed E-state index contributed by atoms with van der Waals surface area (Å²) in [5.41, 5.74) is 5.59. The largest absolute Gasteiger partial charge is 0.382 e. The molecule has 1 rings (SSSR count). The molecule has 0 aromatic carbocycles. The average molecular weight is 300 g/mol. The SMILES string of the molecule is CC(C)Nc1nc(N)c(C(=O)NC(=N)N(C)C)nc1Cl. The van der Waals surface area contributed by atoms with Crippen molar-refractivity contribution in [1.29, 1.82) is 5.41 Å². The molecule has 20 heavy (non-hydrogen) atoms. The summed E-state index contributed by atoms with van der Waals surface area (Å²) in [6, 6.07) is 0.0998. The number of nitrogens with two attached hydrogens (primary N) is 1. The summed E-state index contributed by atoms with van der Waals surface area (Å²) in [5, 5.41) is 12.9. The van der Waals surface area contributed by atoms with Crippen molar-refractivity contribution in [2.45, 2.75) is 19.9 Å². The van der Waals surface area contributed by atoms with Crippen LogP contribution in [0, 0.1) is 5.41 Å². The van der Waals surface area contributed by atoms with Gasteiger partial charge in [0.1, 0.15) is 0 Å². The van der Waals surface area contributed by atoms with Crippen LogP contribution in [-0.4, -0.2) is 46.9 Å². The summed E-state index contributed by atoms with van der Waals surface area (Å²) in [6.07, 6.45) is 0. The van der Waals surface area contributed by atoms with E-state index in [2.05, 4.69) is 20.6 Å². The number of hydrogen-bond acceptors (Lipinski definition) is 6. The fourth-order valence-corrected chi connectivity index (χ4v) is 1.42. The minimum Gasteiger partial charge on any atom is -0.382 e. The van der Waals surface area contributed by atoms with Gasteiger partial charge in [0, 0.05) is 20.1 Å². The Kier molecular flexibility index (Phi) is 5.09. The standard InChI is InChI=1S/C11H18ClN7O/c1-5(2)15-9-7(12)16-6(8(13)17-9)10(20)18-11(14)19(3)4/h5H,1-4H3,(H3,13,15,17)(H2,14,18,20). The second-order valence-corrected chi connectivity index (χ2v) is 4.95. The molecule has 0 saturated carbocycles. The smallest absolute Gasteiger partial charge is 0.280 e. The first-order valence-corrected chi connectivity index (χ1v) is 6.27. The van der Waals surface area contributed by atoms with Crippen molar-refractivity contribution in [3.05, 3.63) is 10.8 Å². The Morgan fingerprint density at radius 1 is 1.40 bits per heavy atom. The van der Waals surface area contributed by atoms with Crippen LogP contribution in [0.1, 0.15) is 24.3 Å². The molecule has 0 fully saturated rings. The molecular weight excluding hydrogens is 282 g/mol. The molecule has 0 bridgehead atoms. The maximum Gasteiger partial charge on any atom is 0.280 e. The second-order valence-electron chi connectivity index (χ2n) is 4.59. The van der Waals surface area contributed by atoms with E-state index in [0.29, 0.717) is 5.82 Å². The van der Waals surface area contributed by atoms with Gasteiger partial charge in [0.2, 0.25) is 0 Å². The Bertz CT molecular complexity index is 530. The molecule has 0 aliphatic heterocycles. The molecule has 0 aliphatic carbocycles. The van der Waals surface area contributed by atoms with Crippen LogP contribution < -0.4 is 16.4 Å². The number of rotatable bonds is 3. The third-order valence-electron chi connectivity index (χ3n) is 2.20. The van der Waals surface area contributed by atoms with E-state index in [1.54, 1.807) is 14.1 Å². The van der Waals surface area contributed by atoms with Crippen LogP contribution in [0.4, 0.5) is 11.6 Å². The molecular formula is C11H18ClN7O. The van der Waals surface area contributed by atoms with E-state index >= 15 is 0 Å². The van der Waals surface area contributed by atoms with Gasteiger partial charge in [-0.1, -0.05) is 11.6 Å². The molecule has 0 saturated heterocycles. The van der Waals surface area contributed by atoms with Crippen molar-refractivity contribution in [2.75, 3.05) is 25.1 Å². The number of hydrogen-bond donors (Lipinski definition) is 4. The maximum absolute atomic E-state index is 11.9. The number of carbonyl (C=O) groups excluding carboxylic acids is 1. The quantitative estimate of drug-likeness (QED) is 0.483. The molecule has 1 aromatic rings. The van der Waals surface area contributed by atoms with Crippen LogP contribution >= 0.6 is 11.6 Å². The summed E-state index contributed by atoms with van der Waals surface area (Å²) in [4.78, 5) is 21.3. The number of amides is 1. The van der Waals surface area contributed by atoms with E-state index < -0.39 is 5.91 Å². The normalized spacial score (nSPS) is 10.3. The van der Waals surface area contributed by atoms with Gasteiger partial charge in [0.15, 0.2) is 28.4 Å². The summed E-state index contributed by atoms with van der Waals surface area (Å²) in [7, 11) is 3.25. The average Bonchev–Trinajstić information content (AvgIpc) is 2.32. The fraction of sp³-hybridized carbons (Fsp3) is 0.455. The lowest BCUT2D eigenvalue weighted by molar-refractivity contribution is 0.0969. The summed E-state index contributed by atoms with van der Waals surface area (Å²) >= 11 is 5.95. The maximum atomic E-state index is 11.9. The lowest BCUT2D eigenvalue weighted by Gasteiger charge is -2.15. The molecule has 9 heteroatoms. The summed E-state index contributed by atoms with van der Waals surface area (Å²) in [6.45, 7) is 3.82. The van der Waals surface area contributed by atoms with Gasteiger partial charge in [-0.15, -0.1) is 0 Å². The van der Waals surface area contributed by atoms with Gasteiger partial charge in [-0.2, -0.15) is 0 Å². The fourth-order valence-electron chi connectivity index (χ4n) is 1.24. The van der Waals surface area contributed by atoms with Crippen molar-refractivity contribution in [2.24, 2.45) is 0 Å². The van der Waals surface area contributed by atoms with E-state index in [1.165, 1.54) is 4.90 Å². The van der Waals surface area contributed by atoms with E-state index in [-0.39, 0.29) is 28.7 Å². The number of nitrogens with one attached hydrogen (secondary N) is 3. The van der Waals surface area contributed by atoms with Gasteiger partial charge in [0.25, 0.3) is 5.91 Å². The molecule has 0 aliphatic rings. The van der Waals surface area contributed by atoms with Crippen molar-refractivity contribution in [1.82, 2.24) is 20.2 Å². The molecule has 0 atom stereocenters. The number of halogens is 1. The van der Waals surface area contributed by atoms with Crippen LogP contribution in [0.25, 0.3) is 0 Å². The predicted octanol–water partition coefficient (Wildman–Crippen LogP) is 0.759. The van der Waals surface area contributed by atoms with Crippen LogP contribution in [0.5, 0.6) is 0 Å². The van der Waals surface area contributed by atoms with E-state index in [0.717, 1.165) is 0 Å². The molecule has 8 nitrogen and oxygen atoms in total. The lowest BCUT2D eigenvalue weighted by atomic mass is 10.3. The summed E-state index contributed by atoms with van der Waals surface area (Å²) < 4.78 is 0. The molecule has 110 valence electrons. The second kappa shape index (κ2) is 6.38. The minimum atomic E-state index is -0.633. The Morgan fingerprint density at radius 2 is 2.00 bits per heavy atom. The Morgan fingerprint density at radius 3 is 2.50 bits per heavy atom. The molecule has 1 aromatic heterocycles. The number of guanidine groups is 1. The van der Waals surface area contributed by atoms with Gasteiger partial charge >= 0.3 is 0 Å². The van der Waals surface area contributed by atoms with Gasteiger partial charge in [-0.3, -0.25) is 15.5 Å². The molecule has 0 unspecified atom stereocenters. The highest BCUT2D eigenvalue weighted by Gasteiger charge is 2.18. The zero-order valence-corrected chi connectivity index (χ0v) is 12.5.